The average molecular weight is 200 g/mol. The molecule has 0 aromatic rings. The Hall–Kier alpha value is 1.14. The quantitative estimate of drug-likeness (QED) is 0.460. The molecule has 0 nitrogen and oxygen atoms in total. The van der Waals surface area contributed by atoms with Crippen molar-refractivity contribution >= 4 is 37.8 Å². The molecule has 30 valence electrons. The van der Waals surface area contributed by atoms with Crippen LogP contribution in [0.25, 0.3) is 0 Å². The highest BCUT2D eigenvalue weighted by molar-refractivity contribution is 14.1. The Bertz CT molecular complexity index is 23.6. The molecule has 0 bridgehead atoms. The Kier molecular flexibility index (Phi) is 4.10. The first kappa shape index (κ1) is 6.14. The van der Waals surface area contributed by atoms with Gasteiger partial charge in [-0.25, -0.2) is 0 Å². The van der Waals surface area contributed by atoms with E-state index in [-0.39, 0.29) is 0 Å². The van der Waals surface area contributed by atoms with Crippen molar-refractivity contribution in [2.45, 2.75) is 6.82 Å². The SMILES string of the molecule is CSB(C)I. The Morgan fingerprint density at radius 1 is 1.80 bits per heavy atom. The highest BCUT2D eigenvalue weighted by atomic mass is 127. The summed E-state index contributed by atoms with van der Waals surface area (Å²) >= 11 is 4.24. The largest absolute Gasteiger partial charge is 0.277 e. The molecule has 0 aromatic heterocycles. The minimum absolute atomic E-state index is 0.771. The summed E-state index contributed by atoms with van der Waals surface area (Å²) < 4.78 is 0.771. The third-order valence-electron chi connectivity index (χ3n) is 0.325. The molecule has 0 saturated heterocycles. The summed E-state index contributed by atoms with van der Waals surface area (Å²) in [7, 11) is 0. The molecule has 0 aliphatic heterocycles. The molecule has 0 aliphatic carbocycles. The number of halogens is 1. The van der Waals surface area contributed by atoms with Gasteiger partial charge in [-0.2, -0.15) is 11.6 Å². The molecule has 0 amide bonds. The molecular formula is C2H6BIS. The Balaban J connectivity index is 2.54. The summed E-state index contributed by atoms with van der Waals surface area (Å²) in [4.78, 5) is 0. The van der Waals surface area contributed by atoms with Gasteiger partial charge in [0.25, 0.3) is 3.85 Å². The molecule has 0 spiro atoms. The first-order chi connectivity index (χ1) is 2.27. The third kappa shape index (κ3) is 5.14. The lowest BCUT2D eigenvalue weighted by molar-refractivity contribution is 2.35. The summed E-state index contributed by atoms with van der Waals surface area (Å²) in [6.45, 7) is 2.17. The lowest BCUT2D eigenvalue weighted by Crippen LogP contribution is -1.80. The van der Waals surface area contributed by atoms with Crippen molar-refractivity contribution in [3.05, 3.63) is 0 Å². The minimum atomic E-state index is 0.771. The van der Waals surface area contributed by atoms with Gasteiger partial charge in [0, 0.05) is 0 Å². The van der Waals surface area contributed by atoms with Crippen molar-refractivity contribution in [3.63, 3.8) is 0 Å². The van der Waals surface area contributed by atoms with Crippen LogP contribution < -0.4 is 0 Å². The smallest absolute Gasteiger partial charge is 0.199 e. The van der Waals surface area contributed by atoms with Crippen molar-refractivity contribution in [1.82, 2.24) is 0 Å². The number of hydrogen-bond acceptors (Lipinski definition) is 1. The van der Waals surface area contributed by atoms with Crippen molar-refractivity contribution in [1.29, 1.82) is 0 Å². The maximum atomic E-state index is 2.37. The topological polar surface area (TPSA) is 0 Å². The van der Waals surface area contributed by atoms with E-state index < -0.39 is 0 Å². The van der Waals surface area contributed by atoms with E-state index in [1.54, 1.807) is 0 Å². The summed E-state index contributed by atoms with van der Waals surface area (Å²) in [5.74, 6) is 0. The summed E-state index contributed by atoms with van der Waals surface area (Å²) in [6, 6.07) is 0. The fraction of sp³-hybridized carbons (Fsp3) is 1.00. The van der Waals surface area contributed by atoms with Crippen molar-refractivity contribution in [2.75, 3.05) is 6.26 Å². The van der Waals surface area contributed by atoms with Gasteiger partial charge in [0.2, 0.25) is 0 Å². The van der Waals surface area contributed by atoms with Crippen LogP contribution in [0.5, 0.6) is 0 Å². The lowest BCUT2D eigenvalue weighted by atomic mass is 10.2. The van der Waals surface area contributed by atoms with E-state index in [0.717, 1.165) is 3.85 Å². The normalized spacial score (nSPS) is 7.80. The molecule has 0 radical (unpaired) electrons. The Morgan fingerprint density at radius 2 is 2.00 bits per heavy atom. The molecule has 0 saturated carbocycles. The van der Waals surface area contributed by atoms with E-state index in [0.29, 0.717) is 0 Å². The van der Waals surface area contributed by atoms with E-state index in [1.165, 1.54) is 0 Å². The molecule has 0 heterocycles. The highest BCUT2D eigenvalue weighted by Crippen LogP contribution is 2.06. The van der Waals surface area contributed by atoms with Gasteiger partial charge in [0.1, 0.15) is 0 Å². The zero-order valence-electron chi connectivity index (χ0n) is 3.36. The van der Waals surface area contributed by atoms with Crippen molar-refractivity contribution in [2.24, 2.45) is 0 Å². The molecule has 3 heteroatoms. The Labute approximate surface area is 50.9 Å². The standard InChI is InChI=1S/C2H6BIS/c1-3(4)5-2/h1-2H3. The second-order valence-corrected chi connectivity index (χ2v) is 4.67. The molecule has 0 atom stereocenters. The van der Waals surface area contributed by atoms with Crippen LogP contribution in [-0.2, 0) is 0 Å². The average Bonchev–Trinajstić information content (AvgIpc) is 1.38. The predicted molar refractivity (Wildman–Crippen MR) is 39.2 cm³/mol. The molecule has 0 unspecified atom stereocenters. The lowest BCUT2D eigenvalue weighted by Gasteiger charge is -1.82. The van der Waals surface area contributed by atoms with Gasteiger partial charge in [0.05, 0.1) is 0 Å². The summed E-state index contributed by atoms with van der Waals surface area (Å²) in [6.07, 6.45) is 2.11. The van der Waals surface area contributed by atoms with Crippen LogP contribution in [0.3, 0.4) is 0 Å². The van der Waals surface area contributed by atoms with Crippen molar-refractivity contribution in [3.8, 4) is 0 Å². The number of rotatable bonds is 1. The van der Waals surface area contributed by atoms with Crippen molar-refractivity contribution < 1.29 is 0 Å². The molecule has 0 aromatic carbocycles. The predicted octanol–water partition coefficient (Wildman–Crippen LogP) is 1.90. The number of hydrogen-bond donors (Lipinski definition) is 0. The minimum Gasteiger partial charge on any atom is -0.199 e. The van der Waals surface area contributed by atoms with E-state index in [1.807, 2.05) is 11.6 Å². The molecule has 5 heavy (non-hydrogen) atoms. The van der Waals surface area contributed by atoms with Gasteiger partial charge in [-0.15, -0.1) is 22.4 Å². The second kappa shape index (κ2) is 3.34. The summed E-state index contributed by atoms with van der Waals surface area (Å²) in [5, 5.41) is 0. The zero-order chi connectivity index (χ0) is 4.28. The van der Waals surface area contributed by atoms with Crippen LogP contribution >= 0.6 is 34.0 Å². The van der Waals surface area contributed by atoms with E-state index in [2.05, 4.69) is 35.5 Å². The van der Waals surface area contributed by atoms with Gasteiger partial charge in [-0.1, -0.05) is 6.82 Å². The molecule has 0 fully saturated rings. The van der Waals surface area contributed by atoms with E-state index >= 15 is 0 Å². The molecule has 0 rings (SSSR count). The van der Waals surface area contributed by atoms with Crippen LogP contribution in [0.15, 0.2) is 0 Å². The van der Waals surface area contributed by atoms with Gasteiger partial charge in [0.15, 0.2) is 0 Å². The van der Waals surface area contributed by atoms with E-state index in [4.69, 9.17) is 0 Å². The maximum Gasteiger partial charge on any atom is 0.277 e. The first-order valence-corrected chi connectivity index (χ1v) is 3.97. The van der Waals surface area contributed by atoms with Crippen LogP contribution in [0, 0.1) is 0 Å². The zero-order valence-corrected chi connectivity index (χ0v) is 6.34. The fourth-order valence-electron chi connectivity index (χ4n) is 0. The maximum absolute atomic E-state index is 2.37. The van der Waals surface area contributed by atoms with Crippen LogP contribution in [-0.4, -0.2) is 10.1 Å². The monoisotopic (exact) mass is 200 g/mol. The molecular weight excluding hydrogens is 194 g/mol. The third-order valence-corrected chi connectivity index (χ3v) is 2.50. The molecule has 0 aliphatic rings. The van der Waals surface area contributed by atoms with Crippen LogP contribution in [0.4, 0.5) is 0 Å². The van der Waals surface area contributed by atoms with E-state index in [9.17, 15) is 0 Å². The van der Waals surface area contributed by atoms with Gasteiger partial charge >= 0.3 is 0 Å². The van der Waals surface area contributed by atoms with Gasteiger partial charge < -0.3 is 0 Å². The Morgan fingerprint density at radius 3 is 2.00 bits per heavy atom. The van der Waals surface area contributed by atoms with Gasteiger partial charge in [-0.05, 0) is 6.26 Å². The van der Waals surface area contributed by atoms with Gasteiger partial charge in [-0.3, -0.25) is 0 Å². The summed E-state index contributed by atoms with van der Waals surface area (Å²) in [5.41, 5.74) is 0. The molecule has 0 N–H and O–H groups in total. The second-order valence-electron chi connectivity index (χ2n) is 0.779. The van der Waals surface area contributed by atoms with Crippen LogP contribution in [0.2, 0.25) is 6.82 Å². The fourth-order valence-corrected chi connectivity index (χ4v) is 0. The highest BCUT2D eigenvalue weighted by Gasteiger charge is 1.91. The first-order valence-electron chi connectivity index (χ1n) is 1.44. The van der Waals surface area contributed by atoms with Crippen LogP contribution in [0.1, 0.15) is 0 Å².